The Morgan fingerprint density at radius 1 is 1.53 bits per heavy atom. The summed E-state index contributed by atoms with van der Waals surface area (Å²) in [5.41, 5.74) is 6.18. The van der Waals surface area contributed by atoms with E-state index in [1.165, 1.54) is 0 Å². The van der Waals surface area contributed by atoms with Gasteiger partial charge in [0.15, 0.2) is 0 Å². The maximum atomic E-state index is 12.0. The van der Waals surface area contributed by atoms with Crippen LogP contribution in [0.5, 0.6) is 0 Å². The average Bonchev–Trinajstić information content (AvgIpc) is 2.75. The molecule has 0 spiro atoms. The maximum Gasteiger partial charge on any atom is 0.270 e. The minimum atomic E-state index is 0. The van der Waals surface area contributed by atoms with Crippen LogP contribution in [0, 0.1) is 5.92 Å². The number of nitrogens with two attached hydrogens (primary N) is 1. The van der Waals surface area contributed by atoms with Crippen molar-refractivity contribution in [3.63, 3.8) is 0 Å². The highest BCUT2D eigenvalue weighted by molar-refractivity contribution is 6.30. The number of nitrogens with one attached hydrogen (secondary N) is 1. The lowest BCUT2D eigenvalue weighted by atomic mass is 9.97. The molecule has 1 aliphatic heterocycles. The monoisotopic (exact) mass is 277 g/mol. The lowest BCUT2D eigenvalue weighted by Gasteiger charge is -2.31. The van der Waals surface area contributed by atoms with E-state index in [1.54, 1.807) is 12.3 Å². The minimum Gasteiger partial charge on any atom is -0.356 e. The number of hydrogen-bond donors (Lipinski definition) is 2. The van der Waals surface area contributed by atoms with Crippen molar-refractivity contribution in [2.24, 2.45) is 11.7 Å². The van der Waals surface area contributed by atoms with Crippen molar-refractivity contribution >= 4 is 29.9 Å². The van der Waals surface area contributed by atoms with Crippen molar-refractivity contribution in [2.45, 2.75) is 12.8 Å². The Morgan fingerprint density at radius 3 is 2.65 bits per heavy atom. The zero-order valence-electron chi connectivity index (χ0n) is 9.49. The minimum absolute atomic E-state index is 0. The summed E-state index contributed by atoms with van der Waals surface area (Å²) in [7, 11) is 0. The first-order valence-electron chi connectivity index (χ1n) is 5.54. The Bertz CT molecular complexity index is 373. The number of aromatic nitrogens is 1. The molecule has 0 bridgehead atoms. The number of amides is 1. The van der Waals surface area contributed by atoms with E-state index in [1.807, 2.05) is 4.90 Å². The lowest BCUT2D eigenvalue weighted by molar-refractivity contribution is 0.0688. The van der Waals surface area contributed by atoms with Gasteiger partial charge in [-0.15, -0.1) is 12.4 Å². The molecule has 0 radical (unpaired) electrons. The number of halogens is 2. The second-order valence-corrected chi connectivity index (χ2v) is 4.64. The number of hydrogen-bond acceptors (Lipinski definition) is 2. The predicted molar refractivity (Wildman–Crippen MR) is 70.7 cm³/mol. The summed E-state index contributed by atoms with van der Waals surface area (Å²) in [5, 5.41) is 0.570. The molecular formula is C11H17Cl2N3O. The fourth-order valence-corrected chi connectivity index (χ4v) is 2.20. The zero-order valence-corrected chi connectivity index (χ0v) is 11.1. The molecule has 0 unspecified atom stereocenters. The van der Waals surface area contributed by atoms with Crippen LogP contribution >= 0.6 is 24.0 Å². The Morgan fingerprint density at radius 2 is 2.18 bits per heavy atom. The van der Waals surface area contributed by atoms with Crippen LogP contribution in [-0.4, -0.2) is 35.4 Å². The summed E-state index contributed by atoms with van der Waals surface area (Å²) in [6.07, 6.45) is 3.62. The number of nitrogens with zero attached hydrogens (tertiary/aromatic N) is 1. The Hall–Kier alpha value is -0.710. The highest BCUT2D eigenvalue weighted by Gasteiger charge is 2.23. The molecule has 1 fully saturated rings. The van der Waals surface area contributed by atoms with Crippen molar-refractivity contribution < 1.29 is 4.79 Å². The van der Waals surface area contributed by atoms with E-state index >= 15 is 0 Å². The standard InChI is InChI=1S/C11H16ClN3O.ClH/c12-9-5-10(14-7-9)11(16)15-3-1-8(6-13)2-4-15;/h5,7-8,14H,1-4,6,13H2;1H. The third-order valence-corrected chi connectivity index (χ3v) is 3.33. The van der Waals surface area contributed by atoms with Crippen molar-refractivity contribution in [3.05, 3.63) is 23.0 Å². The Labute approximate surface area is 112 Å². The van der Waals surface area contributed by atoms with E-state index in [9.17, 15) is 4.79 Å². The second kappa shape index (κ2) is 6.28. The quantitative estimate of drug-likeness (QED) is 0.868. The van der Waals surface area contributed by atoms with Gasteiger partial charge in [0.25, 0.3) is 5.91 Å². The van der Waals surface area contributed by atoms with Crippen LogP contribution in [0.3, 0.4) is 0 Å². The van der Waals surface area contributed by atoms with Gasteiger partial charge in [-0.1, -0.05) is 11.6 Å². The number of piperidine rings is 1. The van der Waals surface area contributed by atoms with E-state index in [2.05, 4.69) is 4.98 Å². The van der Waals surface area contributed by atoms with E-state index in [-0.39, 0.29) is 18.3 Å². The van der Waals surface area contributed by atoms with Crippen molar-refractivity contribution in [1.82, 2.24) is 9.88 Å². The smallest absolute Gasteiger partial charge is 0.270 e. The number of aromatic amines is 1. The molecule has 0 atom stereocenters. The SMILES string of the molecule is Cl.NCC1CCN(C(=O)c2cc(Cl)c[nH]2)CC1. The highest BCUT2D eigenvalue weighted by atomic mass is 35.5. The zero-order chi connectivity index (χ0) is 11.5. The van der Waals surface area contributed by atoms with E-state index in [4.69, 9.17) is 17.3 Å². The number of carbonyl (C=O) groups is 1. The fraction of sp³-hybridized carbons (Fsp3) is 0.545. The molecule has 1 aromatic heterocycles. The van der Waals surface area contributed by atoms with Gasteiger partial charge in [-0.05, 0) is 31.4 Å². The van der Waals surface area contributed by atoms with Crippen LogP contribution < -0.4 is 5.73 Å². The molecular weight excluding hydrogens is 261 g/mol. The van der Waals surface area contributed by atoms with Crippen LogP contribution in [0.2, 0.25) is 5.02 Å². The number of rotatable bonds is 2. The van der Waals surface area contributed by atoms with Crippen LogP contribution in [0.4, 0.5) is 0 Å². The first-order valence-corrected chi connectivity index (χ1v) is 5.91. The van der Waals surface area contributed by atoms with Gasteiger partial charge < -0.3 is 15.6 Å². The van der Waals surface area contributed by atoms with Crippen molar-refractivity contribution in [1.29, 1.82) is 0 Å². The molecule has 0 aromatic carbocycles. The second-order valence-electron chi connectivity index (χ2n) is 4.20. The maximum absolute atomic E-state index is 12.0. The van der Waals surface area contributed by atoms with Gasteiger partial charge in [0.05, 0.1) is 5.02 Å². The Kier molecular flexibility index (Phi) is 5.31. The molecule has 96 valence electrons. The summed E-state index contributed by atoms with van der Waals surface area (Å²) in [6.45, 7) is 2.30. The summed E-state index contributed by atoms with van der Waals surface area (Å²) < 4.78 is 0. The van der Waals surface area contributed by atoms with Crippen LogP contribution in [-0.2, 0) is 0 Å². The van der Waals surface area contributed by atoms with E-state index in [0.717, 1.165) is 32.5 Å². The van der Waals surface area contributed by atoms with E-state index < -0.39 is 0 Å². The molecule has 2 rings (SSSR count). The van der Waals surface area contributed by atoms with Crippen molar-refractivity contribution in [3.8, 4) is 0 Å². The molecule has 17 heavy (non-hydrogen) atoms. The van der Waals surface area contributed by atoms with Gasteiger partial charge >= 0.3 is 0 Å². The fourth-order valence-electron chi connectivity index (χ4n) is 2.03. The summed E-state index contributed by atoms with van der Waals surface area (Å²) in [4.78, 5) is 16.7. The summed E-state index contributed by atoms with van der Waals surface area (Å²) >= 11 is 5.77. The highest BCUT2D eigenvalue weighted by Crippen LogP contribution is 2.18. The van der Waals surface area contributed by atoms with Crippen LogP contribution in [0.15, 0.2) is 12.3 Å². The third kappa shape index (κ3) is 3.37. The largest absolute Gasteiger partial charge is 0.356 e. The van der Waals surface area contributed by atoms with Gasteiger partial charge in [0.2, 0.25) is 0 Å². The van der Waals surface area contributed by atoms with Gasteiger partial charge in [-0.3, -0.25) is 4.79 Å². The molecule has 6 heteroatoms. The topological polar surface area (TPSA) is 62.1 Å². The first kappa shape index (κ1) is 14.4. The number of likely N-dealkylation sites (tertiary alicyclic amines) is 1. The molecule has 1 saturated heterocycles. The normalized spacial score (nSPS) is 16.7. The molecule has 4 nitrogen and oxygen atoms in total. The third-order valence-electron chi connectivity index (χ3n) is 3.11. The molecule has 0 saturated carbocycles. The Balaban J connectivity index is 0.00000144. The van der Waals surface area contributed by atoms with Gasteiger partial charge in [-0.25, -0.2) is 0 Å². The molecule has 1 amide bonds. The molecule has 0 aliphatic carbocycles. The van der Waals surface area contributed by atoms with Crippen LogP contribution in [0.25, 0.3) is 0 Å². The number of carbonyl (C=O) groups excluding carboxylic acids is 1. The molecule has 1 aromatic rings. The number of H-pyrrole nitrogens is 1. The molecule has 2 heterocycles. The summed E-state index contributed by atoms with van der Waals surface area (Å²) in [5.74, 6) is 0.596. The van der Waals surface area contributed by atoms with Crippen LogP contribution in [0.1, 0.15) is 23.3 Å². The average molecular weight is 278 g/mol. The summed E-state index contributed by atoms with van der Waals surface area (Å²) in [6, 6.07) is 1.67. The van der Waals surface area contributed by atoms with Gasteiger partial charge in [0.1, 0.15) is 5.69 Å². The van der Waals surface area contributed by atoms with Gasteiger partial charge in [0, 0.05) is 19.3 Å². The molecule has 3 N–H and O–H groups in total. The lowest BCUT2D eigenvalue weighted by Crippen LogP contribution is -2.40. The van der Waals surface area contributed by atoms with E-state index in [0.29, 0.717) is 16.6 Å². The first-order chi connectivity index (χ1) is 7.70. The van der Waals surface area contributed by atoms with Gasteiger partial charge in [-0.2, -0.15) is 0 Å². The predicted octanol–water partition coefficient (Wildman–Crippen LogP) is 1.90. The molecule has 1 aliphatic rings. The van der Waals surface area contributed by atoms with Crippen molar-refractivity contribution in [2.75, 3.05) is 19.6 Å².